The summed E-state index contributed by atoms with van der Waals surface area (Å²) >= 11 is 0. The molecule has 0 saturated carbocycles. The molecule has 0 fully saturated rings. The third kappa shape index (κ3) is 5.38. The van der Waals surface area contributed by atoms with E-state index in [2.05, 4.69) is 10.3 Å². The smallest absolute Gasteiger partial charge is 0.272 e. The molecule has 0 saturated heterocycles. The molecule has 2 aromatic rings. The van der Waals surface area contributed by atoms with Crippen LogP contribution in [0.4, 0.5) is 5.69 Å². The van der Waals surface area contributed by atoms with Gasteiger partial charge in [0.25, 0.3) is 5.91 Å². The summed E-state index contributed by atoms with van der Waals surface area (Å²) in [5.74, 6) is 1.55. The highest BCUT2D eigenvalue weighted by Gasteiger charge is 2.13. The lowest BCUT2D eigenvalue weighted by Gasteiger charge is -2.18. The number of carbonyl (C=O) groups is 1. The van der Waals surface area contributed by atoms with Crippen molar-refractivity contribution in [3.8, 4) is 11.5 Å². The predicted molar refractivity (Wildman–Crippen MR) is 98.5 cm³/mol. The maximum Gasteiger partial charge on any atom is 0.272 e. The number of hydrogen-bond acceptors (Lipinski definition) is 5. The van der Waals surface area contributed by atoms with E-state index in [1.807, 2.05) is 44.2 Å². The van der Waals surface area contributed by atoms with Gasteiger partial charge in [-0.2, -0.15) is 0 Å². The number of rotatable bonds is 9. The van der Waals surface area contributed by atoms with Crippen molar-refractivity contribution in [2.45, 2.75) is 13.8 Å². The van der Waals surface area contributed by atoms with Gasteiger partial charge in [-0.25, -0.2) is 4.98 Å². The summed E-state index contributed by atoms with van der Waals surface area (Å²) in [5.41, 5.74) is 1.32. The lowest BCUT2D eigenvalue weighted by molar-refractivity contribution is 0.0767. The summed E-state index contributed by atoms with van der Waals surface area (Å²) in [6.07, 6.45) is 1.67. The van der Waals surface area contributed by atoms with Crippen molar-refractivity contribution >= 4 is 11.6 Å². The van der Waals surface area contributed by atoms with E-state index < -0.39 is 0 Å². The fourth-order valence-electron chi connectivity index (χ4n) is 2.33. The van der Waals surface area contributed by atoms with Crippen LogP contribution < -0.4 is 14.8 Å². The van der Waals surface area contributed by atoms with Crippen LogP contribution in [0, 0.1) is 0 Å². The lowest BCUT2D eigenvalue weighted by Crippen LogP contribution is -2.31. The minimum Gasteiger partial charge on any atom is -0.497 e. The quantitative estimate of drug-likeness (QED) is 0.709. The van der Waals surface area contributed by atoms with Gasteiger partial charge in [-0.1, -0.05) is 0 Å². The first kappa shape index (κ1) is 18.6. The zero-order chi connectivity index (χ0) is 18.1. The van der Waals surface area contributed by atoms with Crippen LogP contribution in [-0.2, 0) is 0 Å². The Morgan fingerprint density at radius 2 is 1.76 bits per heavy atom. The van der Waals surface area contributed by atoms with E-state index in [0.717, 1.165) is 17.2 Å². The largest absolute Gasteiger partial charge is 0.497 e. The Bertz CT molecular complexity index is 653. The van der Waals surface area contributed by atoms with Crippen LogP contribution in [0.15, 0.2) is 42.6 Å². The predicted octanol–water partition coefficient (Wildman–Crippen LogP) is 3.06. The highest BCUT2D eigenvalue weighted by atomic mass is 16.5. The van der Waals surface area contributed by atoms with Gasteiger partial charge in [0.2, 0.25) is 0 Å². The van der Waals surface area contributed by atoms with Gasteiger partial charge in [0.05, 0.1) is 19.0 Å². The molecule has 0 radical (unpaired) electrons. The first-order valence-electron chi connectivity index (χ1n) is 8.44. The van der Waals surface area contributed by atoms with Gasteiger partial charge in [0.1, 0.15) is 23.8 Å². The van der Waals surface area contributed by atoms with Crippen molar-refractivity contribution in [3.63, 3.8) is 0 Å². The molecule has 0 aliphatic heterocycles. The molecule has 6 nitrogen and oxygen atoms in total. The molecule has 2 rings (SSSR count). The number of amides is 1. The molecule has 1 aromatic heterocycles. The van der Waals surface area contributed by atoms with Gasteiger partial charge < -0.3 is 19.7 Å². The number of nitrogens with zero attached hydrogens (tertiary/aromatic N) is 2. The Morgan fingerprint density at radius 3 is 2.32 bits per heavy atom. The summed E-state index contributed by atoms with van der Waals surface area (Å²) in [6.45, 7) is 6.43. The number of ether oxygens (including phenoxy) is 2. The molecule has 0 aliphatic carbocycles. The minimum atomic E-state index is -0.0422. The molecular formula is C19H25N3O3. The molecule has 0 spiro atoms. The van der Waals surface area contributed by atoms with Crippen molar-refractivity contribution in [3.05, 3.63) is 48.3 Å². The van der Waals surface area contributed by atoms with Gasteiger partial charge >= 0.3 is 0 Å². The molecule has 1 N–H and O–H groups in total. The second kappa shape index (κ2) is 9.52. The molecular weight excluding hydrogens is 318 g/mol. The van der Waals surface area contributed by atoms with Crippen LogP contribution in [0.2, 0.25) is 0 Å². The number of methoxy groups -OCH3 is 1. The van der Waals surface area contributed by atoms with Gasteiger partial charge in [-0.3, -0.25) is 4.79 Å². The van der Waals surface area contributed by atoms with Gasteiger partial charge in [-0.05, 0) is 50.2 Å². The Labute approximate surface area is 148 Å². The maximum absolute atomic E-state index is 12.2. The van der Waals surface area contributed by atoms with Gasteiger partial charge in [0.15, 0.2) is 0 Å². The molecule has 0 aliphatic rings. The number of pyridine rings is 1. The minimum absolute atomic E-state index is 0.0422. The first-order chi connectivity index (χ1) is 12.2. The number of carbonyl (C=O) groups excluding carboxylic acids is 1. The lowest BCUT2D eigenvalue weighted by atomic mass is 10.3. The highest BCUT2D eigenvalue weighted by molar-refractivity contribution is 5.92. The van der Waals surface area contributed by atoms with E-state index in [0.29, 0.717) is 31.9 Å². The number of benzene rings is 1. The highest BCUT2D eigenvalue weighted by Crippen LogP contribution is 2.16. The zero-order valence-corrected chi connectivity index (χ0v) is 15.0. The van der Waals surface area contributed by atoms with E-state index in [4.69, 9.17) is 9.47 Å². The second-order valence-corrected chi connectivity index (χ2v) is 5.36. The molecule has 25 heavy (non-hydrogen) atoms. The number of aromatic nitrogens is 1. The first-order valence-corrected chi connectivity index (χ1v) is 8.44. The maximum atomic E-state index is 12.2. The summed E-state index contributed by atoms with van der Waals surface area (Å²) < 4.78 is 10.8. The summed E-state index contributed by atoms with van der Waals surface area (Å²) in [5, 5.41) is 3.22. The summed E-state index contributed by atoms with van der Waals surface area (Å²) in [6, 6.07) is 11.1. The summed E-state index contributed by atoms with van der Waals surface area (Å²) in [4.78, 5) is 18.2. The fourth-order valence-corrected chi connectivity index (χ4v) is 2.33. The van der Waals surface area contributed by atoms with Crippen LogP contribution in [0.3, 0.4) is 0 Å². The van der Waals surface area contributed by atoms with Crippen molar-refractivity contribution in [1.29, 1.82) is 0 Å². The van der Waals surface area contributed by atoms with E-state index in [9.17, 15) is 4.79 Å². The topological polar surface area (TPSA) is 63.7 Å². The molecule has 1 amide bonds. The fraction of sp³-hybridized carbons (Fsp3) is 0.368. The normalized spacial score (nSPS) is 10.2. The summed E-state index contributed by atoms with van der Waals surface area (Å²) in [7, 11) is 1.63. The van der Waals surface area contributed by atoms with Crippen molar-refractivity contribution in [2.75, 3.05) is 38.7 Å². The van der Waals surface area contributed by atoms with Crippen LogP contribution in [0.25, 0.3) is 0 Å². The monoisotopic (exact) mass is 343 g/mol. The van der Waals surface area contributed by atoms with Crippen LogP contribution in [0.5, 0.6) is 11.5 Å². The SMILES string of the molecule is CCN(CC)C(=O)c1ccc(NCCOc2ccc(OC)cc2)cn1. The third-order valence-electron chi connectivity index (χ3n) is 3.79. The van der Waals surface area contributed by atoms with E-state index >= 15 is 0 Å². The van der Waals surface area contributed by atoms with Crippen LogP contribution in [0.1, 0.15) is 24.3 Å². The number of nitrogens with one attached hydrogen (secondary N) is 1. The van der Waals surface area contributed by atoms with E-state index in [-0.39, 0.29) is 5.91 Å². The Morgan fingerprint density at radius 1 is 1.08 bits per heavy atom. The molecule has 0 unspecified atom stereocenters. The Kier molecular flexibility index (Phi) is 7.07. The molecule has 1 aromatic carbocycles. The van der Waals surface area contributed by atoms with Crippen LogP contribution >= 0.6 is 0 Å². The molecule has 134 valence electrons. The zero-order valence-electron chi connectivity index (χ0n) is 15.0. The van der Waals surface area contributed by atoms with E-state index in [1.165, 1.54) is 0 Å². The Hall–Kier alpha value is -2.76. The van der Waals surface area contributed by atoms with Crippen molar-refractivity contribution < 1.29 is 14.3 Å². The van der Waals surface area contributed by atoms with E-state index in [1.54, 1.807) is 24.3 Å². The second-order valence-electron chi connectivity index (χ2n) is 5.36. The van der Waals surface area contributed by atoms with Crippen molar-refractivity contribution in [1.82, 2.24) is 9.88 Å². The Balaban J connectivity index is 1.78. The molecule has 0 atom stereocenters. The third-order valence-corrected chi connectivity index (χ3v) is 3.79. The molecule has 6 heteroatoms. The van der Waals surface area contributed by atoms with Crippen molar-refractivity contribution in [2.24, 2.45) is 0 Å². The standard InChI is InChI=1S/C19H25N3O3/c1-4-22(5-2)19(23)18-11-6-15(14-21-18)20-12-13-25-17-9-7-16(24-3)8-10-17/h6-11,14,20H,4-5,12-13H2,1-3H3. The van der Waals surface area contributed by atoms with Gasteiger partial charge in [-0.15, -0.1) is 0 Å². The van der Waals surface area contributed by atoms with Crippen LogP contribution in [-0.4, -0.2) is 49.1 Å². The number of anilines is 1. The average molecular weight is 343 g/mol. The average Bonchev–Trinajstić information content (AvgIpc) is 2.67. The molecule has 0 bridgehead atoms. The molecule has 1 heterocycles. The van der Waals surface area contributed by atoms with Gasteiger partial charge in [0, 0.05) is 19.6 Å². The number of hydrogen-bond donors (Lipinski definition) is 1.